The van der Waals surface area contributed by atoms with Crippen LogP contribution in [-0.4, -0.2) is 23.1 Å². The second kappa shape index (κ2) is 6.27. The zero-order valence-electron chi connectivity index (χ0n) is 11.2. The van der Waals surface area contributed by atoms with Crippen LogP contribution >= 0.6 is 22.9 Å². The van der Waals surface area contributed by atoms with Crippen LogP contribution in [0.15, 0.2) is 41.8 Å². The molecule has 4 heteroatoms. The first-order valence-electron chi connectivity index (χ1n) is 6.95. The van der Waals surface area contributed by atoms with Crippen molar-refractivity contribution < 1.29 is 5.11 Å². The summed E-state index contributed by atoms with van der Waals surface area (Å²) in [6.45, 7) is 1.69. The van der Waals surface area contributed by atoms with Gasteiger partial charge in [0.05, 0.1) is 6.10 Å². The molecule has 1 aliphatic heterocycles. The monoisotopic (exact) mass is 307 g/mol. The fourth-order valence-electron chi connectivity index (χ4n) is 2.91. The number of thiophene rings is 1. The summed E-state index contributed by atoms with van der Waals surface area (Å²) in [7, 11) is 0. The van der Waals surface area contributed by atoms with Crippen LogP contribution in [0.3, 0.4) is 0 Å². The molecule has 20 heavy (non-hydrogen) atoms. The van der Waals surface area contributed by atoms with E-state index in [0.29, 0.717) is 17.6 Å². The Bertz CT molecular complexity index is 557. The molecule has 1 aromatic carbocycles. The number of nitrogens with zero attached hydrogens (tertiary/aromatic N) is 1. The predicted molar refractivity (Wildman–Crippen MR) is 84.3 cm³/mol. The molecule has 3 rings (SSSR count). The minimum atomic E-state index is -0.524. The lowest BCUT2D eigenvalue weighted by atomic mass is 10.1. The van der Waals surface area contributed by atoms with Crippen LogP contribution in [0.2, 0.25) is 5.02 Å². The topological polar surface area (TPSA) is 23.5 Å². The summed E-state index contributed by atoms with van der Waals surface area (Å²) in [6.07, 6.45) is 1.84. The van der Waals surface area contributed by atoms with Gasteiger partial charge in [0.2, 0.25) is 0 Å². The smallest absolute Gasteiger partial charge is 0.0931 e. The van der Waals surface area contributed by atoms with Crippen molar-refractivity contribution in [2.75, 3.05) is 13.1 Å². The molecule has 0 radical (unpaired) electrons. The van der Waals surface area contributed by atoms with Gasteiger partial charge in [0.1, 0.15) is 0 Å². The molecule has 0 bridgehead atoms. The molecule has 0 saturated carbocycles. The van der Waals surface area contributed by atoms with E-state index in [1.54, 1.807) is 11.3 Å². The molecule has 2 atom stereocenters. The van der Waals surface area contributed by atoms with Crippen molar-refractivity contribution in [1.82, 2.24) is 4.90 Å². The van der Waals surface area contributed by atoms with Gasteiger partial charge in [-0.25, -0.2) is 0 Å². The molecule has 1 N–H and O–H groups in total. The average Bonchev–Trinajstić information content (AvgIpc) is 3.09. The Hall–Kier alpha value is -0.870. The molecule has 106 valence electrons. The Labute approximate surface area is 128 Å². The highest BCUT2D eigenvalue weighted by Gasteiger charge is 2.28. The van der Waals surface area contributed by atoms with Crippen molar-refractivity contribution in [2.24, 2.45) is 0 Å². The molecule has 1 aliphatic rings. The van der Waals surface area contributed by atoms with E-state index >= 15 is 0 Å². The second-order valence-corrected chi connectivity index (χ2v) is 6.59. The van der Waals surface area contributed by atoms with Gasteiger partial charge in [0, 0.05) is 28.0 Å². The number of rotatable bonds is 4. The van der Waals surface area contributed by atoms with Crippen LogP contribution in [0.4, 0.5) is 0 Å². The highest BCUT2D eigenvalue weighted by molar-refractivity contribution is 7.10. The molecule has 0 aliphatic carbocycles. The van der Waals surface area contributed by atoms with E-state index in [1.165, 1.54) is 17.7 Å². The summed E-state index contributed by atoms with van der Waals surface area (Å²) in [5, 5.41) is 13.2. The Kier molecular flexibility index (Phi) is 4.41. The predicted octanol–water partition coefficient (Wildman–Crippen LogP) is 4.27. The van der Waals surface area contributed by atoms with Crippen LogP contribution in [0, 0.1) is 0 Å². The van der Waals surface area contributed by atoms with E-state index in [1.807, 2.05) is 24.3 Å². The van der Waals surface area contributed by atoms with Gasteiger partial charge in [-0.15, -0.1) is 11.3 Å². The number of likely N-dealkylation sites (tertiary alicyclic amines) is 1. The largest absolute Gasteiger partial charge is 0.387 e. The number of hydrogen-bond acceptors (Lipinski definition) is 3. The summed E-state index contributed by atoms with van der Waals surface area (Å²) < 4.78 is 0. The van der Waals surface area contributed by atoms with E-state index in [-0.39, 0.29) is 0 Å². The van der Waals surface area contributed by atoms with Gasteiger partial charge in [0.25, 0.3) is 0 Å². The van der Waals surface area contributed by atoms with E-state index in [4.69, 9.17) is 11.6 Å². The maximum absolute atomic E-state index is 10.5. The lowest BCUT2D eigenvalue weighted by Gasteiger charge is -2.26. The molecule has 2 nitrogen and oxygen atoms in total. The van der Waals surface area contributed by atoms with E-state index in [0.717, 1.165) is 12.1 Å². The molecule has 0 unspecified atom stereocenters. The molecule has 2 heterocycles. The van der Waals surface area contributed by atoms with Crippen molar-refractivity contribution in [3.63, 3.8) is 0 Å². The van der Waals surface area contributed by atoms with Crippen LogP contribution in [-0.2, 0) is 0 Å². The lowest BCUT2D eigenvalue weighted by molar-refractivity contribution is 0.107. The van der Waals surface area contributed by atoms with E-state index < -0.39 is 6.10 Å². The van der Waals surface area contributed by atoms with Crippen molar-refractivity contribution in [3.05, 3.63) is 57.2 Å². The van der Waals surface area contributed by atoms with Crippen LogP contribution in [0.5, 0.6) is 0 Å². The first-order chi connectivity index (χ1) is 9.75. The number of aliphatic hydroxyl groups is 1. The van der Waals surface area contributed by atoms with E-state index in [2.05, 4.69) is 22.4 Å². The van der Waals surface area contributed by atoms with Gasteiger partial charge in [-0.3, -0.25) is 4.90 Å². The van der Waals surface area contributed by atoms with Crippen molar-refractivity contribution >= 4 is 22.9 Å². The molecule has 1 fully saturated rings. The highest BCUT2D eigenvalue weighted by Crippen LogP contribution is 2.36. The first-order valence-corrected chi connectivity index (χ1v) is 8.21. The molecular formula is C16H18ClNOS. The zero-order valence-corrected chi connectivity index (χ0v) is 12.8. The van der Waals surface area contributed by atoms with Gasteiger partial charge < -0.3 is 5.11 Å². The van der Waals surface area contributed by atoms with Crippen LogP contribution in [0.25, 0.3) is 0 Å². The fourth-order valence-corrected chi connectivity index (χ4v) is 4.07. The summed E-state index contributed by atoms with van der Waals surface area (Å²) >= 11 is 7.96. The van der Waals surface area contributed by atoms with Gasteiger partial charge >= 0.3 is 0 Å². The second-order valence-electron chi connectivity index (χ2n) is 5.21. The molecule has 2 aromatic rings. The van der Waals surface area contributed by atoms with Gasteiger partial charge in [-0.05, 0) is 36.9 Å². The van der Waals surface area contributed by atoms with Gasteiger partial charge in [-0.2, -0.15) is 0 Å². The van der Waals surface area contributed by atoms with Crippen molar-refractivity contribution in [2.45, 2.75) is 25.0 Å². The first kappa shape index (κ1) is 14.1. The molecule has 1 aromatic heterocycles. The van der Waals surface area contributed by atoms with Gasteiger partial charge in [-0.1, -0.05) is 35.9 Å². The fraction of sp³-hybridized carbons (Fsp3) is 0.375. The third kappa shape index (κ3) is 2.91. The SMILES string of the molecule is O[C@H](CN1CCC[C@@H]1c1cccs1)c1ccccc1Cl. The Morgan fingerprint density at radius 3 is 2.90 bits per heavy atom. The van der Waals surface area contributed by atoms with Crippen LogP contribution in [0.1, 0.15) is 35.4 Å². The Morgan fingerprint density at radius 2 is 2.15 bits per heavy atom. The number of hydrogen-bond donors (Lipinski definition) is 1. The molecule has 0 spiro atoms. The summed E-state index contributed by atoms with van der Waals surface area (Å²) in [5.74, 6) is 0. The number of benzene rings is 1. The summed E-state index contributed by atoms with van der Waals surface area (Å²) in [6, 6.07) is 12.3. The zero-order chi connectivity index (χ0) is 13.9. The summed E-state index contributed by atoms with van der Waals surface area (Å²) in [4.78, 5) is 3.77. The summed E-state index contributed by atoms with van der Waals surface area (Å²) in [5.41, 5.74) is 0.825. The number of halogens is 1. The molecular weight excluding hydrogens is 290 g/mol. The van der Waals surface area contributed by atoms with Crippen molar-refractivity contribution in [3.8, 4) is 0 Å². The van der Waals surface area contributed by atoms with Gasteiger partial charge in [0.15, 0.2) is 0 Å². The Balaban J connectivity index is 1.72. The molecule has 0 amide bonds. The number of β-amino-alcohol motifs (C(OH)–C–C–N with tert-alkyl or cyclic N) is 1. The minimum Gasteiger partial charge on any atom is -0.387 e. The van der Waals surface area contributed by atoms with E-state index in [9.17, 15) is 5.11 Å². The normalized spacial score (nSPS) is 21.2. The third-order valence-corrected chi connectivity index (χ3v) is 5.22. The maximum Gasteiger partial charge on any atom is 0.0931 e. The standard InChI is InChI=1S/C16H18ClNOS/c17-13-6-2-1-5-12(13)15(19)11-18-9-3-7-14(18)16-8-4-10-20-16/h1-2,4-6,8,10,14-15,19H,3,7,9,11H2/t14-,15-/m1/s1. The highest BCUT2D eigenvalue weighted by atomic mass is 35.5. The van der Waals surface area contributed by atoms with Crippen molar-refractivity contribution in [1.29, 1.82) is 0 Å². The van der Waals surface area contributed by atoms with Crippen LogP contribution < -0.4 is 0 Å². The third-order valence-electron chi connectivity index (χ3n) is 3.91. The maximum atomic E-state index is 10.5. The minimum absolute atomic E-state index is 0.451. The Morgan fingerprint density at radius 1 is 1.30 bits per heavy atom. The quantitative estimate of drug-likeness (QED) is 0.911. The average molecular weight is 308 g/mol. The lowest BCUT2D eigenvalue weighted by Crippen LogP contribution is -2.28. The number of aliphatic hydroxyl groups excluding tert-OH is 1. The molecule has 1 saturated heterocycles.